The van der Waals surface area contributed by atoms with Crippen molar-refractivity contribution in [3.8, 4) is 0 Å². The molecular formula is C22H20BrF3N4O3. The summed E-state index contributed by atoms with van der Waals surface area (Å²) in [5.74, 6) is -2.96. The second-order valence-corrected chi connectivity index (χ2v) is 7.96. The molecule has 3 N–H and O–H groups in total. The van der Waals surface area contributed by atoms with Gasteiger partial charge in [0, 0.05) is 36.0 Å². The molecule has 2 heterocycles. The van der Waals surface area contributed by atoms with Crippen LogP contribution in [0.15, 0.2) is 59.1 Å². The number of hydrogen-bond acceptors (Lipinski definition) is 5. The molecule has 0 bridgehead atoms. The largest absolute Gasteiger partial charge is 0.490 e. The molecule has 0 aliphatic carbocycles. The lowest BCUT2D eigenvalue weighted by Gasteiger charge is -2.31. The number of aliphatic carboxylic acids is 1. The summed E-state index contributed by atoms with van der Waals surface area (Å²) in [6.45, 7) is 3.71. The number of carbonyl (C=O) groups excluding carboxylic acids is 1. The molecule has 2 aromatic carbocycles. The summed E-state index contributed by atoms with van der Waals surface area (Å²) in [6, 6.07) is 17.5. The van der Waals surface area contributed by atoms with Gasteiger partial charge in [0.2, 0.25) is 0 Å². The van der Waals surface area contributed by atoms with Gasteiger partial charge in [0.25, 0.3) is 5.91 Å². The normalized spacial score (nSPS) is 13.8. The van der Waals surface area contributed by atoms with Crippen molar-refractivity contribution in [3.63, 3.8) is 0 Å². The molecule has 0 spiro atoms. The third-order valence-electron chi connectivity index (χ3n) is 4.74. The standard InChI is InChI=1S/C20H19BrN4O.C2HF3O2/c21-15-6-8-19(25-11-9-22-10-12-25)18(13-15)24-20(26)17-7-5-14-3-1-2-4-16(14)23-17;3-2(4,5)1(6)7/h1-8,13,22H,9-12H2,(H,24,26);(H,6,7). The zero-order valence-electron chi connectivity index (χ0n) is 17.2. The number of fused-ring (bicyclic) bond motifs is 1. The SMILES string of the molecule is O=C(Nc1cc(Br)ccc1N1CCNCC1)c1ccc2ccccc2n1.O=C(O)C(F)(F)F. The molecule has 0 unspecified atom stereocenters. The van der Waals surface area contributed by atoms with E-state index in [1.165, 1.54) is 0 Å². The highest BCUT2D eigenvalue weighted by Gasteiger charge is 2.38. The van der Waals surface area contributed by atoms with Gasteiger partial charge < -0.3 is 20.6 Å². The van der Waals surface area contributed by atoms with Crippen molar-refractivity contribution in [1.29, 1.82) is 0 Å². The fourth-order valence-corrected chi connectivity index (χ4v) is 3.53. The van der Waals surface area contributed by atoms with Gasteiger partial charge in [-0.2, -0.15) is 13.2 Å². The van der Waals surface area contributed by atoms with Crippen LogP contribution in [0, 0.1) is 0 Å². The van der Waals surface area contributed by atoms with Crippen molar-refractivity contribution < 1.29 is 27.9 Å². The van der Waals surface area contributed by atoms with Gasteiger partial charge >= 0.3 is 12.1 Å². The second kappa shape index (κ2) is 10.6. The number of carboxylic acids is 1. The van der Waals surface area contributed by atoms with Gasteiger partial charge in [-0.05, 0) is 30.3 Å². The molecule has 1 aromatic heterocycles. The fourth-order valence-electron chi connectivity index (χ4n) is 3.17. The lowest BCUT2D eigenvalue weighted by molar-refractivity contribution is -0.192. The highest BCUT2D eigenvalue weighted by molar-refractivity contribution is 9.10. The van der Waals surface area contributed by atoms with Crippen LogP contribution in [0.2, 0.25) is 0 Å². The van der Waals surface area contributed by atoms with Crippen LogP contribution in [0.25, 0.3) is 10.9 Å². The van der Waals surface area contributed by atoms with E-state index in [9.17, 15) is 18.0 Å². The van der Waals surface area contributed by atoms with Gasteiger partial charge in [-0.15, -0.1) is 0 Å². The number of nitrogens with one attached hydrogen (secondary N) is 2. The maximum Gasteiger partial charge on any atom is 0.490 e. The van der Waals surface area contributed by atoms with Crippen molar-refractivity contribution in [1.82, 2.24) is 10.3 Å². The van der Waals surface area contributed by atoms with Crippen LogP contribution in [0.4, 0.5) is 24.5 Å². The summed E-state index contributed by atoms with van der Waals surface area (Å²) < 4.78 is 32.7. The van der Waals surface area contributed by atoms with Gasteiger partial charge in [-0.25, -0.2) is 9.78 Å². The number of benzene rings is 2. The van der Waals surface area contributed by atoms with Crippen molar-refractivity contribution >= 4 is 50.1 Å². The average Bonchev–Trinajstić information content (AvgIpc) is 2.79. The summed E-state index contributed by atoms with van der Waals surface area (Å²) in [4.78, 5) is 28.5. The third-order valence-corrected chi connectivity index (χ3v) is 5.23. The number of para-hydroxylation sites is 1. The Labute approximate surface area is 195 Å². The first kappa shape index (κ1) is 24.5. The highest BCUT2D eigenvalue weighted by atomic mass is 79.9. The lowest BCUT2D eigenvalue weighted by Crippen LogP contribution is -2.43. The summed E-state index contributed by atoms with van der Waals surface area (Å²) in [5.41, 5.74) is 3.05. The molecule has 1 fully saturated rings. The number of pyridine rings is 1. The van der Waals surface area contributed by atoms with E-state index in [-0.39, 0.29) is 5.91 Å². The first-order valence-corrected chi connectivity index (χ1v) is 10.7. The number of carboxylic acid groups (broad SMARTS) is 1. The van der Waals surface area contributed by atoms with E-state index in [4.69, 9.17) is 9.90 Å². The van der Waals surface area contributed by atoms with Gasteiger partial charge in [-0.3, -0.25) is 4.79 Å². The summed E-state index contributed by atoms with van der Waals surface area (Å²) in [5, 5.41) is 14.5. The Morgan fingerprint density at radius 3 is 2.39 bits per heavy atom. The predicted octanol–water partition coefficient (Wildman–Crippen LogP) is 4.29. The first-order chi connectivity index (χ1) is 15.6. The van der Waals surface area contributed by atoms with Crippen molar-refractivity contribution in [2.24, 2.45) is 0 Å². The number of anilines is 2. The molecule has 1 aliphatic heterocycles. The van der Waals surface area contributed by atoms with E-state index in [1.54, 1.807) is 6.07 Å². The number of piperazine rings is 1. The minimum Gasteiger partial charge on any atom is -0.475 e. The quantitative estimate of drug-likeness (QED) is 0.473. The molecule has 0 atom stereocenters. The number of aromatic nitrogens is 1. The molecule has 1 amide bonds. The molecule has 0 saturated carbocycles. The van der Waals surface area contributed by atoms with E-state index in [0.29, 0.717) is 5.69 Å². The highest BCUT2D eigenvalue weighted by Crippen LogP contribution is 2.30. The van der Waals surface area contributed by atoms with Gasteiger partial charge in [0.05, 0.1) is 16.9 Å². The van der Waals surface area contributed by atoms with Crippen molar-refractivity contribution in [2.75, 3.05) is 36.4 Å². The van der Waals surface area contributed by atoms with Crippen LogP contribution >= 0.6 is 15.9 Å². The third kappa shape index (κ3) is 6.65. The average molecular weight is 525 g/mol. The number of hydrogen-bond donors (Lipinski definition) is 3. The molecule has 1 saturated heterocycles. The monoisotopic (exact) mass is 524 g/mol. The Bertz CT molecular complexity index is 1150. The smallest absolute Gasteiger partial charge is 0.475 e. The van der Waals surface area contributed by atoms with Crippen molar-refractivity contribution in [3.05, 3.63) is 64.8 Å². The molecule has 11 heteroatoms. The Kier molecular flexibility index (Phi) is 7.88. The van der Waals surface area contributed by atoms with Crippen LogP contribution in [-0.2, 0) is 4.79 Å². The number of alkyl halides is 3. The predicted molar refractivity (Wildman–Crippen MR) is 123 cm³/mol. The van der Waals surface area contributed by atoms with Crippen LogP contribution in [0.3, 0.4) is 0 Å². The van der Waals surface area contributed by atoms with Gasteiger partial charge in [0.1, 0.15) is 5.69 Å². The topological polar surface area (TPSA) is 94.6 Å². The van der Waals surface area contributed by atoms with Crippen molar-refractivity contribution in [2.45, 2.75) is 6.18 Å². The molecule has 3 aromatic rings. The molecular weight excluding hydrogens is 505 g/mol. The minimum atomic E-state index is -5.08. The Balaban J connectivity index is 0.000000383. The first-order valence-electron chi connectivity index (χ1n) is 9.87. The van der Waals surface area contributed by atoms with E-state index < -0.39 is 12.1 Å². The Hall–Kier alpha value is -3.18. The molecule has 174 valence electrons. The Morgan fingerprint density at radius 2 is 1.73 bits per heavy atom. The van der Waals surface area contributed by atoms with Crippen LogP contribution in [-0.4, -0.2) is 54.3 Å². The molecule has 4 rings (SSSR count). The zero-order valence-corrected chi connectivity index (χ0v) is 18.8. The number of halogens is 4. The fraction of sp³-hybridized carbons (Fsp3) is 0.227. The number of carbonyl (C=O) groups is 2. The van der Waals surface area contributed by atoms with Crippen LogP contribution < -0.4 is 15.5 Å². The molecule has 0 radical (unpaired) electrons. The van der Waals surface area contributed by atoms with E-state index in [2.05, 4.69) is 36.4 Å². The number of amides is 1. The second-order valence-electron chi connectivity index (χ2n) is 7.04. The van der Waals surface area contributed by atoms with E-state index in [1.807, 2.05) is 48.5 Å². The van der Waals surface area contributed by atoms with E-state index in [0.717, 1.165) is 52.9 Å². The zero-order chi connectivity index (χ0) is 24.0. The van der Waals surface area contributed by atoms with E-state index >= 15 is 0 Å². The van der Waals surface area contributed by atoms with Gasteiger partial charge in [0.15, 0.2) is 0 Å². The minimum absolute atomic E-state index is 0.203. The molecule has 33 heavy (non-hydrogen) atoms. The van der Waals surface area contributed by atoms with Crippen LogP contribution in [0.5, 0.6) is 0 Å². The summed E-state index contributed by atoms with van der Waals surface area (Å²) >= 11 is 3.50. The lowest BCUT2D eigenvalue weighted by atomic mass is 10.2. The van der Waals surface area contributed by atoms with Crippen LogP contribution in [0.1, 0.15) is 10.5 Å². The summed E-state index contributed by atoms with van der Waals surface area (Å²) in [6.07, 6.45) is -5.08. The van der Waals surface area contributed by atoms with Gasteiger partial charge in [-0.1, -0.05) is 40.2 Å². The summed E-state index contributed by atoms with van der Waals surface area (Å²) in [7, 11) is 0. The maximum atomic E-state index is 12.8. The maximum absolute atomic E-state index is 12.8. The molecule has 1 aliphatic rings. The molecule has 7 nitrogen and oxygen atoms in total. The number of nitrogens with zero attached hydrogens (tertiary/aromatic N) is 2. The number of rotatable bonds is 3. The Morgan fingerprint density at radius 1 is 1.06 bits per heavy atom.